The zero-order chi connectivity index (χ0) is 19.8. The van der Waals surface area contributed by atoms with Crippen LogP contribution in [-0.4, -0.2) is 47.6 Å². The van der Waals surface area contributed by atoms with E-state index in [1.165, 1.54) is 23.4 Å². The Labute approximate surface area is 170 Å². The summed E-state index contributed by atoms with van der Waals surface area (Å²) < 4.78 is 28.1. The second-order valence-corrected chi connectivity index (χ2v) is 9.54. The molecule has 1 heterocycles. The number of likely N-dealkylation sites (N-methyl/N-ethyl adjacent to an activating group) is 2. The Kier molecular flexibility index (Phi) is 6.03. The molecule has 2 aromatic carbocycles. The van der Waals surface area contributed by atoms with Crippen LogP contribution < -0.4 is 9.62 Å². The van der Waals surface area contributed by atoms with Crippen molar-refractivity contribution in [2.75, 3.05) is 39.1 Å². The molecule has 0 aliphatic carbocycles. The standard InChI is InChI=1S/C19H23Cl2N3O2S/c1-23(2)18(13-4-7-17-14(10-13)8-9-24(17)3)12-22-27(25,26)19-11-15(20)5-6-16(19)21/h4-7,10-11,18,22H,8-9,12H2,1-3H3/t18-/m0/s1. The molecule has 0 saturated carbocycles. The van der Waals surface area contributed by atoms with Gasteiger partial charge in [-0.3, -0.25) is 0 Å². The number of nitrogens with zero attached hydrogens (tertiary/aromatic N) is 2. The van der Waals surface area contributed by atoms with Crippen LogP contribution in [-0.2, 0) is 16.4 Å². The van der Waals surface area contributed by atoms with Crippen molar-refractivity contribution in [2.45, 2.75) is 17.4 Å². The van der Waals surface area contributed by atoms with Crippen LogP contribution in [0.3, 0.4) is 0 Å². The molecule has 1 aliphatic rings. The van der Waals surface area contributed by atoms with Crippen molar-refractivity contribution in [3.8, 4) is 0 Å². The summed E-state index contributed by atoms with van der Waals surface area (Å²) in [7, 11) is 2.18. The van der Waals surface area contributed by atoms with E-state index in [4.69, 9.17) is 23.2 Å². The molecule has 0 radical (unpaired) electrons. The van der Waals surface area contributed by atoms with Gasteiger partial charge < -0.3 is 9.80 Å². The minimum Gasteiger partial charge on any atom is -0.374 e. The molecule has 0 fully saturated rings. The highest BCUT2D eigenvalue weighted by Crippen LogP contribution is 2.31. The normalized spacial score (nSPS) is 15.3. The fraction of sp³-hybridized carbons (Fsp3) is 0.368. The van der Waals surface area contributed by atoms with Crippen LogP contribution in [0.1, 0.15) is 17.2 Å². The first-order chi connectivity index (χ1) is 12.7. The fourth-order valence-electron chi connectivity index (χ4n) is 3.34. The second kappa shape index (κ2) is 7.97. The van der Waals surface area contributed by atoms with Crippen LogP contribution in [0, 0.1) is 0 Å². The third-order valence-electron chi connectivity index (χ3n) is 4.89. The molecule has 5 nitrogen and oxygen atoms in total. The quantitative estimate of drug-likeness (QED) is 0.765. The van der Waals surface area contributed by atoms with Gasteiger partial charge >= 0.3 is 0 Å². The Hall–Kier alpha value is -1.31. The number of nitrogens with one attached hydrogen (secondary N) is 1. The summed E-state index contributed by atoms with van der Waals surface area (Å²) in [6, 6.07) is 10.6. The van der Waals surface area contributed by atoms with Crippen LogP contribution in [0.25, 0.3) is 0 Å². The van der Waals surface area contributed by atoms with Crippen molar-refractivity contribution in [1.82, 2.24) is 9.62 Å². The van der Waals surface area contributed by atoms with Gasteiger partial charge in [0, 0.05) is 36.9 Å². The van der Waals surface area contributed by atoms with Gasteiger partial charge in [0.25, 0.3) is 0 Å². The summed E-state index contributed by atoms with van der Waals surface area (Å²) in [5, 5.41) is 0.473. The van der Waals surface area contributed by atoms with Crippen molar-refractivity contribution in [2.24, 2.45) is 0 Å². The van der Waals surface area contributed by atoms with Crippen molar-refractivity contribution in [3.05, 3.63) is 57.6 Å². The number of benzene rings is 2. The maximum Gasteiger partial charge on any atom is 0.242 e. The van der Waals surface area contributed by atoms with Crippen molar-refractivity contribution >= 4 is 38.9 Å². The predicted octanol–water partition coefficient (Wildman–Crippen LogP) is 3.57. The average molecular weight is 428 g/mol. The first-order valence-electron chi connectivity index (χ1n) is 8.64. The molecular weight excluding hydrogens is 405 g/mol. The second-order valence-electron chi connectivity index (χ2n) is 6.97. The first kappa shape index (κ1) is 20.4. The summed E-state index contributed by atoms with van der Waals surface area (Å²) in [5.41, 5.74) is 3.61. The fourth-order valence-corrected chi connectivity index (χ4v) is 5.14. The van der Waals surface area contributed by atoms with E-state index in [9.17, 15) is 8.42 Å². The molecule has 27 heavy (non-hydrogen) atoms. The maximum atomic E-state index is 12.7. The Morgan fingerprint density at radius 1 is 1.19 bits per heavy atom. The number of sulfonamides is 1. The third-order valence-corrected chi connectivity index (χ3v) is 7.03. The lowest BCUT2D eigenvalue weighted by Gasteiger charge is -2.26. The molecule has 1 aliphatic heterocycles. The van der Waals surface area contributed by atoms with Crippen LogP contribution in [0.2, 0.25) is 10.0 Å². The van der Waals surface area contributed by atoms with Crippen molar-refractivity contribution < 1.29 is 8.42 Å². The Morgan fingerprint density at radius 3 is 2.63 bits per heavy atom. The number of hydrogen-bond donors (Lipinski definition) is 1. The molecule has 0 bridgehead atoms. The zero-order valence-electron chi connectivity index (χ0n) is 15.5. The summed E-state index contributed by atoms with van der Waals surface area (Å²) in [6.45, 7) is 1.23. The molecule has 0 spiro atoms. The number of fused-ring (bicyclic) bond motifs is 1. The predicted molar refractivity (Wildman–Crippen MR) is 111 cm³/mol. The van der Waals surface area contributed by atoms with Gasteiger partial charge in [0.15, 0.2) is 0 Å². The van der Waals surface area contributed by atoms with E-state index in [0.717, 1.165) is 18.5 Å². The molecule has 1 N–H and O–H groups in total. The van der Waals surface area contributed by atoms with Crippen LogP contribution in [0.5, 0.6) is 0 Å². The highest BCUT2D eigenvalue weighted by atomic mass is 35.5. The lowest BCUT2D eigenvalue weighted by Crippen LogP contribution is -2.34. The summed E-state index contributed by atoms with van der Waals surface area (Å²) in [6.07, 6.45) is 1.00. The number of anilines is 1. The number of hydrogen-bond acceptors (Lipinski definition) is 4. The minimum absolute atomic E-state index is 0.00949. The lowest BCUT2D eigenvalue weighted by atomic mass is 10.0. The topological polar surface area (TPSA) is 52.7 Å². The van der Waals surface area contributed by atoms with Crippen LogP contribution in [0.4, 0.5) is 5.69 Å². The maximum absolute atomic E-state index is 12.7. The molecule has 8 heteroatoms. The summed E-state index contributed by atoms with van der Waals surface area (Å²) in [4.78, 5) is 4.22. The highest BCUT2D eigenvalue weighted by Gasteiger charge is 2.24. The number of rotatable bonds is 6. The zero-order valence-corrected chi connectivity index (χ0v) is 17.9. The van der Waals surface area contributed by atoms with E-state index < -0.39 is 10.0 Å². The first-order valence-corrected chi connectivity index (χ1v) is 10.9. The van der Waals surface area contributed by atoms with E-state index in [2.05, 4.69) is 34.9 Å². The monoisotopic (exact) mass is 427 g/mol. The Balaban J connectivity index is 1.82. The van der Waals surface area contributed by atoms with E-state index in [1.54, 1.807) is 6.07 Å². The molecule has 1 atom stereocenters. The van der Waals surface area contributed by atoms with Gasteiger partial charge in [-0.05, 0) is 55.9 Å². The minimum atomic E-state index is -3.77. The van der Waals surface area contributed by atoms with Crippen molar-refractivity contribution in [1.29, 1.82) is 0 Å². The van der Waals surface area contributed by atoms with Crippen LogP contribution >= 0.6 is 23.2 Å². The van der Waals surface area contributed by atoms with Crippen molar-refractivity contribution in [3.63, 3.8) is 0 Å². The van der Waals surface area contributed by atoms with Gasteiger partial charge in [0.05, 0.1) is 5.02 Å². The van der Waals surface area contributed by atoms with Gasteiger partial charge in [-0.2, -0.15) is 0 Å². The molecule has 0 aromatic heterocycles. The Morgan fingerprint density at radius 2 is 1.93 bits per heavy atom. The molecule has 2 aromatic rings. The summed E-state index contributed by atoms with van der Waals surface area (Å²) in [5.74, 6) is 0. The third kappa shape index (κ3) is 4.41. The summed E-state index contributed by atoms with van der Waals surface area (Å²) >= 11 is 12.0. The smallest absolute Gasteiger partial charge is 0.242 e. The molecule has 146 valence electrons. The van der Waals surface area contributed by atoms with E-state index in [0.29, 0.717) is 5.02 Å². The molecule has 0 unspecified atom stereocenters. The van der Waals surface area contributed by atoms with Gasteiger partial charge in [0.2, 0.25) is 10.0 Å². The molecular formula is C19H23Cl2N3O2S. The lowest BCUT2D eigenvalue weighted by molar-refractivity contribution is 0.299. The van der Waals surface area contributed by atoms with Crippen LogP contribution in [0.15, 0.2) is 41.3 Å². The highest BCUT2D eigenvalue weighted by molar-refractivity contribution is 7.89. The van der Waals surface area contributed by atoms with E-state index in [1.807, 2.05) is 19.0 Å². The largest absolute Gasteiger partial charge is 0.374 e. The molecule has 3 rings (SSSR count). The molecule has 0 saturated heterocycles. The average Bonchev–Trinajstić information content (AvgIpc) is 2.97. The van der Waals surface area contributed by atoms with E-state index >= 15 is 0 Å². The molecule has 0 amide bonds. The van der Waals surface area contributed by atoms with Gasteiger partial charge in [0.1, 0.15) is 4.90 Å². The Bertz CT molecular complexity index is 948. The van der Waals surface area contributed by atoms with Gasteiger partial charge in [-0.15, -0.1) is 0 Å². The van der Waals surface area contributed by atoms with E-state index in [-0.39, 0.29) is 22.5 Å². The SMILES string of the molecule is CN1CCc2cc([C@H](CNS(=O)(=O)c3cc(Cl)ccc3Cl)N(C)C)ccc21. The van der Waals surface area contributed by atoms with Gasteiger partial charge in [-0.25, -0.2) is 13.1 Å². The van der Waals surface area contributed by atoms with Gasteiger partial charge in [-0.1, -0.05) is 35.3 Å². The number of halogens is 2.